The van der Waals surface area contributed by atoms with Gasteiger partial charge in [0.1, 0.15) is 0 Å². The van der Waals surface area contributed by atoms with Crippen molar-refractivity contribution < 1.29 is 9.53 Å². The number of rotatable bonds is 5. The molecule has 0 atom stereocenters. The summed E-state index contributed by atoms with van der Waals surface area (Å²) >= 11 is 0. The van der Waals surface area contributed by atoms with E-state index in [0.29, 0.717) is 6.61 Å². The third-order valence-corrected chi connectivity index (χ3v) is 4.62. The number of ether oxygens (including phenoxy) is 1. The summed E-state index contributed by atoms with van der Waals surface area (Å²) in [5, 5.41) is 0. The van der Waals surface area contributed by atoms with E-state index in [-0.39, 0.29) is 11.2 Å². The maximum atomic E-state index is 11.9. The molecule has 1 aliphatic heterocycles. The number of methoxy groups -OCH3 is 1. The van der Waals surface area contributed by atoms with Crippen molar-refractivity contribution in [1.29, 1.82) is 0 Å². The van der Waals surface area contributed by atoms with Gasteiger partial charge in [0.15, 0.2) is 5.78 Å². The van der Waals surface area contributed by atoms with Crippen molar-refractivity contribution in [3.05, 3.63) is 28.8 Å². The van der Waals surface area contributed by atoms with Crippen LogP contribution in [0.2, 0.25) is 0 Å². The zero-order valence-electron chi connectivity index (χ0n) is 14.0. The van der Waals surface area contributed by atoms with Crippen molar-refractivity contribution in [2.75, 3.05) is 31.7 Å². The second kappa shape index (κ2) is 6.18. The molecule has 3 nitrogen and oxygen atoms in total. The standard InChI is InChI=1S/C18H27NO2/c1-6-14-11-16-17(12-15(14)13(2)20)19(9-10-21-5)8-7-18(16,3)4/h11-12H,6-10H2,1-5H3. The smallest absolute Gasteiger partial charge is 0.160 e. The van der Waals surface area contributed by atoms with E-state index in [2.05, 4.69) is 37.8 Å². The Morgan fingerprint density at radius 1 is 1.38 bits per heavy atom. The van der Waals surface area contributed by atoms with Crippen LogP contribution in [0.5, 0.6) is 0 Å². The minimum Gasteiger partial charge on any atom is -0.383 e. The quantitative estimate of drug-likeness (QED) is 0.776. The Balaban J connectivity index is 2.54. The fraction of sp³-hybridized carbons (Fsp3) is 0.611. The SMILES string of the molecule is CCc1cc2c(cc1C(C)=O)N(CCOC)CCC2(C)C. The van der Waals surface area contributed by atoms with Crippen LogP contribution in [0.15, 0.2) is 12.1 Å². The van der Waals surface area contributed by atoms with Crippen LogP contribution in [-0.4, -0.2) is 32.6 Å². The number of carbonyl (C=O) groups is 1. The van der Waals surface area contributed by atoms with Crippen LogP contribution in [-0.2, 0) is 16.6 Å². The van der Waals surface area contributed by atoms with E-state index in [1.165, 1.54) is 16.8 Å². The van der Waals surface area contributed by atoms with Gasteiger partial charge in [-0.3, -0.25) is 4.79 Å². The molecule has 1 heterocycles. The third-order valence-electron chi connectivity index (χ3n) is 4.62. The molecule has 0 bridgehead atoms. The Bertz CT molecular complexity index is 534. The van der Waals surface area contributed by atoms with Gasteiger partial charge in [-0.15, -0.1) is 0 Å². The van der Waals surface area contributed by atoms with E-state index in [1.54, 1.807) is 14.0 Å². The van der Waals surface area contributed by atoms with Crippen LogP contribution in [0, 0.1) is 0 Å². The van der Waals surface area contributed by atoms with E-state index in [1.807, 2.05) is 0 Å². The van der Waals surface area contributed by atoms with Gasteiger partial charge in [-0.05, 0) is 42.4 Å². The predicted octanol–water partition coefficient (Wildman–Crippen LogP) is 3.59. The predicted molar refractivity (Wildman–Crippen MR) is 87.6 cm³/mol. The summed E-state index contributed by atoms with van der Waals surface area (Å²) in [6.07, 6.45) is 2.03. The van der Waals surface area contributed by atoms with Crippen molar-refractivity contribution in [2.45, 2.75) is 46.0 Å². The van der Waals surface area contributed by atoms with Crippen LogP contribution in [0.1, 0.15) is 55.6 Å². The van der Waals surface area contributed by atoms with Crippen LogP contribution in [0.4, 0.5) is 5.69 Å². The molecule has 0 unspecified atom stereocenters. The first-order chi connectivity index (χ1) is 9.90. The number of benzene rings is 1. The van der Waals surface area contributed by atoms with Gasteiger partial charge in [0.2, 0.25) is 0 Å². The van der Waals surface area contributed by atoms with Crippen molar-refractivity contribution in [1.82, 2.24) is 0 Å². The topological polar surface area (TPSA) is 29.5 Å². The van der Waals surface area contributed by atoms with E-state index < -0.39 is 0 Å². The number of anilines is 1. The highest BCUT2D eigenvalue weighted by molar-refractivity contribution is 5.97. The van der Waals surface area contributed by atoms with Gasteiger partial charge < -0.3 is 9.64 Å². The van der Waals surface area contributed by atoms with Crippen molar-refractivity contribution in [2.24, 2.45) is 0 Å². The zero-order chi connectivity index (χ0) is 15.6. The molecule has 3 heteroatoms. The first-order valence-electron chi connectivity index (χ1n) is 7.83. The molecular formula is C18H27NO2. The molecule has 0 spiro atoms. The van der Waals surface area contributed by atoms with Gasteiger partial charge in [-0.2, -0.15) is 0 Å². The molecule has 1 aromatic carbocycles. The molecule has 2 rings (SSSR count). The maximum absolute atomic E-state index is 11.9. The van der Waals surface area contributed by atoms with Gasteiger partial charge in [-0.25, -0.2) is 0 Å². The number of aryl methyl sites for hydroxylation is 1. The molecule has 0 N–H and O–H groups in total. The van der Waals surface area contributed by atoms with Gasteiger partial charge in [0.05, 0.1) is 6.61 Å². The molecule has 0 saturated heterocycles. The summed E-state index contributed by atoms with van der Waals surface area (Å²) in [4.78, 5) is 14.3. The fourth-order valence-electron chi connectivity index (χ4n) is 3.16. The summed E-state index contributed by atoms with van der Waals surface area (Å²) in [7, 11) is 1.73. The van der Waals surface area contributed by atoms with E-state index >= 15 is 0 Å². The van der Waals surface area contributed by atoms with Crippen LogP contribution in [0.3, 0.4) is 0 Å². The summed E-state index contributed by atoms with van der Waals surface area (Å²) in [5.41, 5.74) is 4.79. The number of nitrogens with zero attached hydrogens (tertiary/aromatic N) is 1. The lowest BCUT2D eigenvalue weighted by molar-refractivity contribution is 0.101. The second-order valence-corrected chi connectivity index (χ2v) is 6.55. The minimum atomic E-state index is 0.157. The third kappa shape index (κ3) is 3.13. The van der Waals surface area contributed by atoms with Crippen molar-refractivity contribution in [3.8, 4) is 0 Å². The van der Waals surface area contributed by atoms with Gasteiger partial charge in [0.25, 0.3) is 0 Å². The molecule has 0 aromatic heterocycles. The molecule has 0 aliphatic carbocycles. The molecule has 0 saturated carbocycles. The monoisotopic (exact) mass is 289 g/mol. The fourth-order valence-corrected chi connectivity index (χ4v) is 3.16. The first-order valence-corrected chi connectivity index (χ1v) is 7.83. The summed E-state index contributed by atoms with van der Waals surface area (Å²) in [6.45, 7) is 11.0. The number of carbonyl (C=O) groups excluding carboxylic acids is 1. The largest absolute Gasteiger partial charge is 0.383 e. The zero-order valence-corrected chi connectivity index (χ0v) is 14.0. The summed E-state index contributed by atoms with van der Waals surface area (Å²) < 4.78 is 5.23. The molecule has 116 valence electrons. The Hall–Kier alpha value is -1.35. The molecular weight excluding hydrogens is 262 g/mol. The van der Waals surface area contributed by atoms with Crippen LogP contribution >= 0.6 is 0 Å². The Morgan fingerprint density at radius 3 is 2.67 bits per heavy atom. The van der Waals surface area contributed by atoms with Gasteiger partial charge >= 0.3 is 0 Å². The second-order valence-electron chi connectivity index (χ2n) is 6.55. The highest BCUT2D eigenvalue weighted by Gasteiger charge is 2.32. The Labute approximate surface area is 128 Å². The number of ketones is 1. The average Bonchev–Trinajstić information content (AvgIpc) is 2.45. The highest BCUT2D eigenvalue weighted by atomic mass is 16.5. The van der Waals surface area contributed by atoms with Crippen LogP contribution in [0.25, 0.3) is 0 Å². The summed E-state index contributed by atoms with van der Waals surface area (Å²) in [6, 6.07) is 4.36. The normalized spacial score (nSPS) is 16.7. The summed E-state index contributed by atoms with van der Waals surface area (Å²) in [5.74, 6) is 0.157. The van der Waals surface area contributed by atoms with Crippen molar-refractivity contribution >= 4 is 11.5 Å². The van der Waals surface area contributed by atoms with Gasteiger partial charge in [-0.1, -0.05) is 26.8 Å². The molecule has 1 aliphatic rings. The molecule has 1 aromatic rings. The highest BCUT2D eigenvalue weighted by Crippen LogP contribution is 2.41. The average molecular weight is 289 g/mol. The van der Waals surface area contributed by atoms with Crippen molar-refractivity contribution in [3.63, 3.8) is 0 Å². The number of Topliss-reactive ketones (excluding diaryl/α,β-unsaturated/α-hetero) is 1. The Kier molecular flexibility index (Phi) is 4.72. The van der Waals surface area contributed by atoms with E-state index in [4.69, 9.17) is 4.74 Å². The number of hydrogen-bond acceptors (Lipinski definition) is 3. The van der Waals surface area contributed by atoms with Crippen LogP contribution < -0.4 is 4.90 Å². The molecule has 0 radical (unpaired) electrons. The van der Waals surface area contributed by atoms with E-state index in [9.17, 15) is 4.79 Å². The number of hydrogen-bond donors (Lipinski definition) is 0. The lowest BCUT2D eigenvalue weighted by Crippen LogP contribution is -2.39. The van der Waals surface area contributed by atoms with Gasteiger partial charge in [0, 0.05) is 31.5 Å². The minimum absolute atomic E-state index is 0.157. The Morgan fingerprint density at radius 2 is 2.10 bits per heavy atom. The number of fused-ring (bicyclic) bond motifs is 1. The first kappa shape index (κ1) is 16.0. The van der Waals surface area contributed by atoms with E-state index in [0.717, 1.165) is 31.5 Å². The maximum Gasteiger partial charge on any atom is 0.160 e. The molecule has 21 heavy (non-hydrogen) atoms. The lowest BCUT2D eigenvalue weighted by atomic mass is 9.76. The molecule has 0 amide bonds. The molecule has 0 fully saturated rings. The lowest BCUT2D eigenvalue weighted by Gasteiger charge is -2.41.